The van der Waals surface area contributed by atoms with Crippen molar-refractivity contribution in [2.45, 2.75) is 129 Å². The lowest BCUT2D eigenvalue weighted by Gasteiger charge is -2.29. The number of aliphatic imine (C=N–C) groups is 1. The summed E-state index contributed by atoms with van der Waals surface area (Å²) in [6, 6.07) is 3.94. The van der Waals surface area contributed by atoms with Gasteiger partial charge in [-0.05, 0) is 72.3 Å². The largest absolute Gasteiger partial charge is 0.481 e. The standard InChI is InChI=1S/C35H57N7O9/c1-9-21(2)27(31(48)50-34(3,4)5)42-29(46)24(17-18-26(43)44)40-28(45)23(16-13-19-38-32(36)37)39-30(47)25(20-22-14-11-10-12-15-22)41-33(49)51-35(6,7)8/h10-12,14-15,21,23-25,27H,9,13,16-20H2,1-8H3,(H,39,47)(H,40,45)(H,41,49)(H,42,46)(H,43,44)(H4,36,37,38)/t21-,23-,24-,25-,27-/m0/s1. The van der Waals surface area contributed by atoms with Gasteiger partial charge in [-0.3, -0.25) is 24.2 Å². The zero-order valence-electron chi connectivity index (χ0n) is 31.0. The maximum Gasteiger partial charge on any atom is 0.408 e. The van der Waals surface area contributed by atoms with Crippen molar-refractivity contribution in [3.05, 3.63) is 35.9 Å². The van der Waals surface area contributed by atoms with Gasteiger partial charge in [-0.1, -0.05) is 50.6 Å². The zero-order valence-corrected chi connectivity index (χ0v) is 31.0. The van der Waals surface area contributed by atoms with Crippen LogP contribution in [0.2, 0.25) is 0 Å². The third kappa shape index (κ3) is 18.6. The maximum atomic E-state index is 13.8. The number of amides is 4. The Morgan fingerprint density at radius 1 is 0.784 bits per heavy atom. The summed E-state index contributed by atoms with van der Waals surface area (Å²) in [5.41, 5.74) is 9.90. The minimum atomic E-state index is -1.40. The summed E-state index contributed by atoms with van der Waals surface area (Å²) < 4.78 is 10.9. The Morgan fingerprint density at radius 2 is 1.31 bits per heavy atom. The van der Waals surface area contributed by atoms with Gasteiger partial charge in [0, 0.05) is 19.4 Å². The number of esters is 1. The van der Waals surface area contributed by atoms with E-state index in [-0.39, 0.29) is 44.1 Å². The van der Waals surface area contributed by atoms with Crippen LogP contribution in [0, 0.1) is 5.92 Å². The minimum absolute atomic E-state index is 0.000476. The maximum absolute atomic E-state index is 13.8. The smallest absolute Gasteiger partial charge is 0.408 e. The van der Waals surface area contributed by atoms with Crippen molar-refractivity contribution >= 4 is 41.7 Å². The third-order valence-corrected chi connectivity index (χ3v) is 7.32. The summed E-state index contributed by atoms with van der Waals surface area (Å²) in [6.07, 6.45) is -0.876. The summed E-state index contributed by atoms with van der Waals surface area (Å²) in [6.45, 7) is 13.8. The van der Waals surface area contributed by atoms with Crippen molar-refractivity contribution in [3.63, 3.8) is 0 Å². The molecule has 0 saturated carbocycles. The first-order chi connectivity index (χ1) is 23.6. The molecule has 0 unspecified atom stereocenters. The number of nitrogens with two attached hydrogens (primary N) is 2. The van der Waals surface area contributed by atoms with Crippen LogP contribution in [0.4, 0.5) is 4.79 Å². The highest BCUT2D eigenvalue weighted by molar-refractivity contribution is 5.95. The molecule has 51 heavy (non-hydrogen) atoms. The Morgan fingerprint density at radius 3 is 1.82 bits per heavy atom. The number of rotatable bonds is 19. The predicted molar refractivity (Wildman–Crippen MR) is 191 cm³/mol. The molecule has 9 N–H and O–H groups in total. The van der Waals surface area contributed by atoms with Crippen molar-refractivity contribution in [3.8, 4) is 0 Å². The lowest BCUT2D eigenvalue weighted by Crippen LogP contribution is -2.59. The highest BCUT2D eigenvalue weighted by Crippen LogP contribution is 2.16. The van der Waals surface area contributed by atoms with E-state index in [0.717, 1.165) is 0 Å². The number of nitrogens with one attached hydrogen (secondary N) is 4. The molecular formula is C35H57N7O9. The molecule has 0 fully saturated rings. The first kappa shape index (κ1) is 44.1. The Balaban J connectivity index is 3.40. The molecule has 0 aliphatic carbocycles. The Labute approximate surface area is 300 Å². The summed E-state index contributed by atoms with van der Waals surface area (Å²) in [5, 5.41) is 19.8. The molecule has 0 radical (unpaired) electrons. The molecule has 0 bridgehead atoms. The molecule has 4 amide bonds. The lowest BCUT2D eigenvalue weighted by atomic mass is 9.98. The van der Waals surface area contributed by atoms with Crippen LogP contribution in [0.3, 0.4) is 0 Å². The van der Waals surface area contributed by atoms with E-state index >= 15 is 0 Å². The second-order valence-electron chi connectivity index (χ2n) is 14.3. The SMILES string of the molecule is CC[C@H](C)[C@H](NC(=O)[C@H](CCC(=O)O)NC(=O)[C@H](CCCN=C(N)N)NC(=O)[C@H](Cc1ccccc1)NC(=O)OC(C)(C)C)C(=O)OC(C)(C)C. The van der Waals surface area contributed by atoms with Crippen LogP contribution in [0.1, 0.15) is 93.1 Å². The molecule has 1 aromatic carbocycles. The van der Waals surface area contributed by atoms with E-state index in [1.165, 1.54) is 0 Å². The number of guanidine groups is 1. The number of ether oxygens (including phenoxy) is 2. The Kier molecular flexibility index (Phi) is 17.9. The minimum Gasteiger partial charge on any atom is -0.481 e. The molecule has 0 heterocycles. The highest BCUT2D eigenvalue weighted by Gasteiger charge is 2.35. The average molecular weight is 720 g/mol. The predicted octanol–water partition coefficient (Wildman–Crippen LogP) is 1.88. The number of carbonyl (C=O) groups is 6. The number of hydrogen-bond acceptors (Lipinski definition) is 9. The number of benzene rings is 1. The number of alkyl carbamates (subject to hydrolysis) is 1. The van der Waals surface area contributed by atoms with Gasteiger partial charge in [-0.25, -0.2) is 9.59 Å². The fourth-order valence-corrected chi connectivity index (χ4v) is 4.65. The summed E-state index contributed by atoms with van der Waals surface area (Å²) >= 11 is 0. The van der Waals surface area contributed by atoms with Crippen molar-refractivity contribution in [1.29, 1.82) is 0 Å². The number of nitrogens with zero attached hydrogens (tertiary/aromatic N) is 1. The van der Waals surface area contributed by atoms with E-state index < -0.39 is 77.5 Å². The van der Waals surface area contributed by atoms with Gasteiger partial charge in [0.1, 0.15) is 35.4 Å². The van der Waals surface area contributed by atoms with Crippen LogP contribution in [0.5, 0.6) is 0 Å². The van der Waals surface area contributed by atoms with Gasteiger partial charge in [0.25, 0.3) is 0 Å². The van der Waals surface area contributed by atoms with Gasteiger partial charge in [-0.15, -0.1) is 0 Å². The Bertz CT molecular complexity index is 1350. The molecular weight excluding hydrogens is 662 g/mol. The van der Waals surface area contributed by atoms with E-state index in [4.69, 9.17) is 20.9 Å². The van der Waals surface area contributed by atoms with Crippen LogP contribution in [0.25, 0.3) is 0 Å². The van der Waals surface area contributed by atoms with Gasteiger partial charge in [0.05, 0.1) is 0 Å². The van der Waals surface area contributed by atoms with E-state index in [2.05, 4.69) is 26.3 Å². The van der Waals surface area contributed by atoms with Gasteiger partial charge in [0.2, 0.25) is 17.7 Å². The molecule has 16 heteroatoms. The average Bonchev–Trinajstić information content (AvgIpc) is 3.00. The topological polar surface area (TPSA) is 254 Å². The quantitative estimate of drug-likeness (QED) is 0.0470. The van der Waals surface area contributed by atoms with E-state index in [9.17, 15) is 33.9 Å². The van der Waals surface area contributed by atoms with Crippen molar-refractivity contribution in [2.75, 3.05) is 6.54 Å². The monoisotopic (exact) mass is 719 g/mol. The fraction of sp³-hybridized carbons (Fsp3) is 0.629. The molecule has 16 nitrogen and oxygen atoms in total. The molecule has 286 valence electrons. The number of carbonyl (C=O) groups excluding carboxylic acids is 5. The first-order valence-electron chi connectivity index (χ1n) is 17.1. The molecule has 5 atom stereocenters. The van der Waals surface area contributed by atoms with Crippen molar-refractivity contribution in [2.24, 2.45) is 22.4 Å². The molecule has 0 aliphatic heterocycles. The van der Waals surface area contributed by atoms with Gasteiger partial charge >= 0.3 is 18.0 Å². The van der Waals surface area contributed by atoms with E-state index in [1.54, 1.807) is 78.8 Å². The van der Waals surface area contributed by atoms with Crippen LogP contribution in [-0.2, 0) is 39.9 Å². The molecule has 0 aliphatic rings. The van der Waals surface area contributed by atoms with Gasteiger partial charge in [-0.2, -0.15) is 0 Å². The molecule has 0 aromatic heterocycles. The fourth-order valence-electron chi connectivity index (χ4n) is 4.65. The second-order valence-corrected chi connectivity index (χ2v) is 14.3. The van der Waals surface area contributed by atoms with E-state index in [0.29, 0.717) is 12.0 Å². The normalized spacial score (nSPS) is 14.4. The summed E-state index contributed by atoms with van der Waals surface area (Å²) in [4.78, 5) is 82.4. The van der Waals surface area contributed by atoms with Gasteiger partial charge in [0.15, 0.2) is 5.96 Å². The molecule has 1 rings (SSSR count). The highest BCUT2D eigenvalue weighted by atomic mass is 16.6. The zero-order chi connectivity index (χ0) is 38.9. The molecule has 0 spiro atoms. The third-order valence-electron chi connectivity index (χ3n) is 7.32. The number of aliphatic carboxylic acids is 1. The molecule has 1 aromatic rings. The molecule has 0 saturated heterocycles. The van der Waals surface area contributed by atoms with Crippen LogP contribution in [0.15, 0.2) is 35.3 Å². The number of hydrogen-bond donors (Lipinski definition) is 7. The van der Waals surface area contributed by atoms with Crippen LogP contribution < -0.4 is 32.7 Å². The van der Waals surface area contributed by atoms with Crippen molar-refractivity contribution < 1.29 is 43.3 Å². The van der Waals surface area contributed by atoms with Crippen LogP contribution >= 0.6 is 0 Å². The summed E-state index contributed by atoms with van der Waals surface area (Å²) in [5.74, 6) is -4.77. The second kappa shape index (κ2) is 20.7. The Hall–Kier alpha value is -4.89. The first-order valence-corrected chi connectivity index (χ1v) is 17.1. The van der Waals surface area contributed by atoms with Crippen LogP contribution in [-0.4, -0.2) is 88.7 Å². The lowest BCUT2D eigenvalue weighted by molar-refractivity contribution is -0.160. The summed E-state index contributed by atoms with van der Waals surface area (Å²) in [7, 11) is 0. The van der Waals surface area contributed by atoms with Crippen molar-refractivity contribution in [1.82, 2.24) is 21.3 Å². The number of carboxylic acid groups (broad SMARTS) is 1. The van der Waals surface area contributed by atoms with Gasteiger partial charge < -0.3 is 47.3 Å². The van der Waals surface area contributed by atoms with E-state index in [1.807, 2.05) is 6.92 Å². The number of carboxylic acids is 1.